The van der Waals surface area contributed by atoms with E-state index in [-0.39, 0.29) is 12.0 Å². The van der Waals surface area contributed by atoms with Gasteiger partial charge in [0, 0.05) is 16.8 Å². The summed E-state index contributed by atoms with van der Waals surface area (Å²) < 4.78 is 26.2. The second kappa shape index (κ2) is 9.55. The molecule has 8 heteroatoms. The lowest BCUT2D eigenvalue weighted by atomic mass is 9.75. The zero-order valence-corrected chi connectivity index (χ0v) is 20.0. The molecule has 0 fully saturated rings. The summed E-state index contributed by atoms with van der Waals surface area (Å²) >= 11 is 0. The van der Waals surface area contributed by atoms with Crippen LogP contribution in [0, 0.1) is 12.7 Å². The number of aliphatic carboxylic acids is 1. The molecule has 0 amide bonds. The fraction of sp³-hybridized carbons (Fsp3) is 0.231. The van der Waals surface area contributed by atoms with E-state index in [1.54, 1.807) is 13.8 Å². The number of benzene rings is 2. The van der Waals surface area contributed by atoms with E-state index in [0.717, 1.165) is 11.6 Å². The van der Waals surface area contributed by atoms with Crippen molar-refractivity contribution >= 4 is 14.0 Å². The summed E-state index contributed by atoms with van der Waals surface area (Å²) in [7, 11) is -3.47. The summed E-state index contributed by atoms with van der Waals surface area (Å²) in [6.07, 6.45) is 1.08. The highest BCUT2D eigenvalue weighted by atomic mass is 31.1. The summed E-state index contributed by atoms with van der Waals surface area (Å²) in [4.78, 5) is 27.2. The Labute approximate surface area is 198 Å². The van der Waals surface area contributed by atoms with E-state index < -0.39 is 30.6 Å². The van der Waals surface area contributed by atoms with Crippen LogP contribution >= 0.6 is 8.03 Å². The molecule has 3 unspecified atom stereocenters. The van der Waals surface area contributed by atoms with Crippen LogP contribution in [0.1, 0.15) is 30.7 Å². The topological polar surface area (TPSA) is 108 Å². The molecule has 3 atom stereocenters. The summed E-state index contributed by atoms with van der Waals surface area (Å²) in [5, 5.41) is 19.2. The van der Waals surface area contributed by atoms with E-state index in [4.69, 9.17) is 4.98 Å². The van der Waals surface area contributed by atoms with Crippen LogP contribution in [0.25, 0.3) is 22.4 Å². The van der Waals surface area contributed by atoms with Crippen molar-refractivity contribution in [2.24, 2.45) is 0 Å². The lowest BCUT2D eigenvalue weighted by molar-refractivity contribution is -0.145. The van der Waals surface area contributed by atoms with Gasteiger partial charge in [0.1, 0.15) is 5.82 Å². The Hall–Kier alpha value is -3.25. The molecule has 0 spiro atoms. The lowest BCUT2D eigenvalue weighted by Gasteiger charge is -2.35. The Bertz CT molecular complexity index is 1240. The monoisotopic (exact) mass is 482 g/mol. The molecule has 0 aliphatic heterocycles. The quantitative estimate of drug-likeness (QED) is 0.294. The van der Waals surface area contributed by atoms with Crippen molar-refractivity contribution < 1.29 is 28.9 Å². The number of carbonyl (C=O) groups is 1. The van der Waals surface area contributed by atoms with Gasteiger partial charge in [0.15, 0.2) is 5.60 Å². The Morgan fingerprint density at radius 3 is 2.21 bits per heavy atom. The standard InChI is InChI=1S/C26H25FNO5P/c1-5-20-22(25(4,31)26(6-2,24(29)30)34(32)33)21(17-12-14-19(27)15-13-17)16(3)23(28-20)18-10-8-7-9-11-18/h6-15,31H,2,5H2,1,3-4H3,(H-,29,30,32,33)/p+1. The molecule has 3 aromatic rings. The fourth-order valence-electron chi connectivity index (χ4n) is 4.39. The van der Waals surface area contributed by atoms with Gasteiger partial charge in [0.25, 0.3) is 0 Å². The molecule has 34 heavy (non-hydrogen) atoms. The van der Waals surface area contributed by atoms with Gasteiger partial charge >= 0.3 is 19.2 Å². The van der Waals surface area contributed by atoms with Crippen LogP contribution in [0.15, 0.2) is 67.3 Å². The molecule has 0 aliphatic carbocycles. The zero-order chi connectivity index (χ0) is 25.3. The number of pyridine rings is 1. The van der Waals surface area contributed by atoms with Crippen LogP contribution in [0.2, 0.25) is 0 Å². The van der Waals surface area contributed by atoms with Crippen molar-refractivity contribution in [3.63, 3.8) is 0 Å². The van der Waals surface area contributed by atoms with Gasteiger partial charge in [-0.25, -0.2) is 9.18 Å². The molecule has 6 nitrogen and oxygen atoms in total. The minimum absolute atomic E-state index is 0.0819. The molecule has 176 valence electrons. The average molecular weight is 482 g/mol. The van der Waals surface area contributed by atoms with Crippen molar-refractivity contribution in [3.05, 3.63) is 89.9 Å². The summed E-state index contributed by atoms with van der Waals surface area (Å²) in [5.74, 6) is -2.17. The predicted molar refractivity (Wildman–Crippen MR) is 129 cm³/mol. The Morgan fingerprint density at radius 2 is 1.74 bits per heavy atom. The molecule has 0 saturated carbocycles. The molecule has 0 bridgehead atoms. The first-order valence-corrected chi connectivity index (χ1v) is 11.8. The first-order valence-electron chi connectivity index (χ1n) is 10.6. The Morgan fingerprint density at radius 1 is 1.15 bits per heavy atom. The molecular weight excluding hydrogens is 456 g/mol. The van der Waals surface area contributed by atoms with Crippen molar-refractivity contribution in [1.82, 2.24) is 4.98 Å². The number of aryl methyl sites for hydroxylation is 1. The van der Waals surface area contributed by atoms with Crippen LogP contribution in [-0.4, -0.2) is 31.2 Å². The van der Waals surface area contributed by atoms with Crippen molar-refractivity contribution in [2.45, 2.75) is 37.9 Å². The number of carboxylic acid groups (broad SMARTS) is 1. The predicted octanol–water partition coefficient (Wildman–Crippen LogP) is 5.38. The maximum absolute atomic E-state index is 13.8. The van der Waals surface area contributed by atoms with E-state index >= 15 is 0 Å². The minimum Gasteiger partial charge on any atom is -0.477 e. The van der Waals surface area contributed by atoms with E-state index in [0.29, 0.717) is 28.1 Å². The van der Waals surface area contributed by atoms with E-state index in [1.165, 1.54) is 31.2 Å². The second-order valence-corrected chi connectivity index (χ2v) is 9.38. The summed E-state index contributed by atoms with van der Waals surface area (Å²) in [6.45, 7) is 8.20. The minimum atomic E-state index is -3.47. The van der Waals surface area contributed by atoms with Gasteiger partial charge in [-0.15, -0.1) is 0 Å². The third kappa shape index (κ3) is 3.96. The molecule has 2 aromatic carbocycles. The largest absolute Gasteiger partial charge is 0.531 e. The number of nitrogens with zero attached hydrogens (tertiary/aromatic N) is 1. The molecule has 0 radical (unpaired) electrons. The van der Waals surface area contributed by atoms with Gasteiger partial charge in [-0.1, -0.05) is 56.0 Å². The van der Waals surface area contributed by atoms with Crippen molar-refractivity contribution in [3.8, 4) is 22.4 Å². The number of rotatable bonds is 8. The van der Waals surface area contributed by atoms with Crippen LogP contribution < -0.4 is 0 Å². The third-order valence-corrected chi connectivity index (χ3v) is 7.60. The first kappa shape index (κ1) is 25.4. The normalized spacial score (nSPS) is 15.2. The molecule has 3 rings (SSSR count). The Kier molecular flexibility index (Phi) is 7.13. The average Bonchev–Trinajstić information content (AvgIpc) is 2.80. The number of hydrogen-bond donors (Lipinski definition) is 3. The Balaban J connectivity index is 2.53. The van der Waals surface area contributed by atoms with Crippen molar-refractivity contribution in [1.29, 1.82) is 0 Å². The number of aliphatic hydroxyl groups is 1. The van der Waals surface area contributed by atoms with Crippen LogP contribution in [0.3, 0.4) is 0 Å². The number of aromatic nitrogens is 1. The molecular formula is C26H26FNO5P+. The third-order valence-electron chi connectivity index (χ3n) is 6.18. The highest BCUT2D eigenvalue weighted by Crippen LogP contribution is 2.53. The van der Waals surface area contributed by atoms with Crippen molar-refractivity contribution in [2.75, 3.05) is 0 Å². The SMILES string of the molecule is C=CC(C(=O)O)([P+](=O)O)C(C)(O)c1c(CC)nc(-c2ccccc2)c(C)c1-c1ccc(F)cc1. The van der Waals surface area contributed by atoms with Crippen LogP contribution in [0.4, 0.5) is 4.39 Å². The highest BCUT2D eigenvalue weighted by Gasteiger charge is 2.68. The second-order valence-electron chi connectivity index (χ2n) is 8.13. The molecule has 3 N–H and O–H groups in total. The van der Waals surface area contributed by atoms with Gasteiger partial charge in [0.05, 0.1) is 5.69 Å². The highest BCUT2D eigenvalue weighted by molar-refractivity contribution is 7.42. The summed E-state index contributed by atoms with van der Waals surface area (Å²) in [6, 6.07) is 14.9. The molecule has 0 saturated heterocycles. The maximum Gasteiger partial charge on any atom is 0.531 e. The maximum atomic E-state index is 13.8. The number of hydrogen-bond acceptors (Lipinski definition) is 4. The van der Waals surface area contributed by atoms with Gasteiger partial charge in [-0.05, 0) is 59.7 Å². The lowest BCUT2D eigenvalue weighted by Crippen LogP contribution is -2.52. The fourth-order valence-corrected chi connectivity index (χ4v) is 5.19. The summed E-state index contributed by atoms with van der Waals surface area (Å²) in [5.41, 5.74) is 0.943. The van der Waals surface area contributed by atoms with Gasteiger partial charge in [-0.2, -0.15) is 4.89 Å². The van der Waals surface area contributed by atoms with Gasteiger partial charge < -0.3 is 10.2 Å². The molecule has 0 aliphatic rings. The first-order chi connectivity index (χ1) is 16.0. The molecule has 1 aromatic heterocycles. The number of halogens is 1. The van der Waals surface area contributed by atoms with E-state index in [9.17, 15) is 28.9 Å². The van der Waals surface area contributed by atoms with Crippen LogP contribution in [-0.2, 0) is 21.4 Å². The zero-order valence-electron chi connectivity index (χ0n) is 19.1. The van der Waals surface area contributed by atoms with Gasteiger partial charge in [-0.3, -0.25) is 4.98 Å². The van der Waals surface area contributed by atoms with E-state index in [2.05, 4.69) is 6.58 Å². The smallest absolute Gasteiger partial charge is 0.477 e. The van der Waals surface area contributed by atoms with Crippen LogP contribution in [0.5, 0.6) is 0 Å². The molecule has 1 heterocycles. The van der Waals surface area contributed by atoms with Gasteiger partial charge in [0.2, 0.25) is 0 Å². The van der Waals surface area contributed by atoms with E-state index in [1.807, 2.05) is 30.3 Å². The number of carboxylic acids is 1.